The number of anilines is 1. The summed E-state index contributed by atoms with van der Waals surface area (Å²) < 4.78 is 0. The van der Waals surface area contributed by atoms with Crippen molar-refractivity contribution in [1.29, 1.82) is 0 Å². The maximum absolute atomic E-state index is 11.6. The average Bonchev–Trinajstić information content (AvgIpc) is 2.77. The van der Waals surface area contributed by atoms with E-state index in [4.69, 9.17) is 4.98 Å². The van der Waals surface area contributed by atoms with Gasteiger partial charge >= 0.3 is 5.97 Å². The van der Waals surface area contributed by atoms with E-state index in [0.29, 0.717) is 23.2 Å². The summed E-state index contributed by atoms with van der Waals surface area (Å²) in [6.07, 6.45) is 4.26. The quantitative estimate of drug-likeness (QED) is 0.901. The Balaban J connectivity index is 2.02. The van der Waals surface area contributed by atoms with Gasteiger partial charge in [-0.25, -0.2) is 9.78 Å². The Hall–Kier alpha value is -1.58. The molecular formula is C16H22N2O2. The average molecular weight is 274 g/mol. The molecule has 2 unspecified atom stereocenters. The molecular weight excluding hydrogens is 252 g/mol. The lowest BCUT2D eigenvalue weighted by molar-refractivity contribution is 0.0697. The van der Waals surface area contributed by atoms with E-state index in [1.807, 2.05) is 6.07 Å². The van der Waals surface area contributed by atoms with Gasteiger partial charge in [0.2, 0.25) is 0 Å². The third-order valence-electron chi connectivity index (χ3n) is 4.80. The lowest BCUT2D eigenvalue weighted by atomic mass is 9.94. The monoisotopic (exact) mass is 274 g/mol. The Bertz CT molecular complexity index is 532. The number of carbonyl (C=O) groups is 1. The Labute approximate surface area is 119 Å². The minimum absolute atomic E-state index is 0.381. The largest absolute Gasteiger partial charge is 0.478 e. The topological polar surface area (TPSA) is 53.4 Å². The number of hydrogen-bond acceptors (Lipinski definition) is 3. The highest BCUT2D eigenvalue weighted by Crippen LogP contribution is 2.32. The highest BCUT2D eigenvalue weighted by Gasteiger charge is 2.30. The van der Waals surface area contributed by atoms with Gasteiger partial charge in [0.05, 0.1) is 0 Å². The zero-order chi connectivity index (χ0) is 14.3. The number of nitrogens with zero attached hydrogens (tertiary/aromatic N) is 2. The van der Waals surface area contributed by atoms with E-state index in [2.05, 4.69) is 18.7 Å². The van der Waals surface area contributed by atoms with Crippen LogP contribution in [0.5, 0.6) is 0 Å². The molecule has 1 N–H and O–H groups in total. The fourth-order valence-corrected chi connectivity index (χ4v) is 3.32. The second kappa shape index (κ2) is 5.08. The first-order valence-corrected chi connectivity index (χ1v) is 7.57. The number of pyridine rings is 1. The van der Waals surface area contributed by atoms with Crippen LogP contribution in [0.1, 0.15) is 48.3 Å². The van der Waals surface area contributed by atoms with Crippen molar-refractivity contribution in [3.8, 4) is 0 Å². The van der Waals surface area contributed by atoms with Crippen LogP contribution in [0.15, 0.2) is 6.07 Å². The summed E-state index contributed by atoms with van der Waals surface area (Å²) in [5.74, 6) is 1.02. The van der Waals surface area contributed by atoms with Crippen molar-refractivity contribution >= 4 is 11.8 Å². The molecule has 0 aromatic carbocycles. The van der Waals surface area contributed by atoms with Crippen molar-refractivity contribution in [1.82, 2.24) is 4.98 Å². The van der Waals surface area contributed by atoms with Crippen LogP contribution >= 0.6 is 0 Å². The SMILES string of the molecule is CC1CN(c2nc3c(cc2C(=O)O)CCCC3)CC1C. The first kappa shape index (κ1) is 13.4. The number of carboxylic acids is 1. The smallest absolute Gasteiger partial charge is 0.339 e. The number of fused-ring (bicyclic) bond motifs is 1. The molecule has 2 heterocycles. The molecule has 0 saturated carbocycles. The second-order valence-corrected chi connectivity index (χ2v) is 6.34. The van der Waals surface area contributed by atoms with Gasteiger partial charge in [-0.2, -0.15) is 0 Å². The Morgan fingerprint density at radius 2 is 1.90 bits per heavy atom. The predicted molar refractivity (Wildman–Crippen MR) is 78.4 cm³/mol. The fraction of sp³-hybridized carbons (Fsp3) is 0.625. The number of aryl methyl sites for hydroxylation is 2. The van der Waals surface area contributed by atoms with Gasteiger partial charge in [0.25, 0.3) is 0 Å². The third-order valence-corrected chi connectivity index (χ3v) is 4.80. The molecule has 2 aliphatic rings. The van der Waals surface area contributed by atoms with Crippen LogP contribution in [0, 0.1) is 11.8 Å². The standard InChI is InChI=1S/C16H22N2O2/c1-10-8-18(9-11(10)2)15-13(16(19)20)7-12-5-3-4-6-14(12)17-15/h7,10-11H,3-6,8-9H2,1-2H3,(H,19,20). The summed E-state index contributed by atoms with van der Waals surface area (Å²) in [5.41, 5.74) is 2.63. The minimum Gasteiger partial charge on any atom is -0.478 e. The van der Waals surface area contributed by atoms with Gasteiger partial charge in [-0.3, -0.25) is 0 Å². The van der Waals surface area contributed by atoms with E-state index >= 15 is 0 Å². The summed E-state index contributed by atoms with van der Waals surface area (Å²) >= 11 is 0. The molecule has 1 aromatic rings. The number of hydrogen-bond donors (Lipinski definition) is 1. The highest BCUT2D eigenvalue weighted by molar-refractivity contribution is 5.93. The number of rotatable bonds is 2. The summed E-state index contributed by atoms with van der Waals surface area (Å²) in [7, 11) is 0. The van der Waals surface area contributed by atoms with Crippen LogP contribution in [0.2, 0.25) is 0 Å². The zero-order valence-corrected chi connectivity index (χ0v) is 12.2. The molecule has 4 nitrogen and oxygen atoms in total. The van der Waals surface area contributed by atoms with Crippen molar-refractivity contribution in [2.75, 3.05) is 18.0 Å². The van der Waals surface area contributed by atoms with Crippen molar-refractivity contribution < 1.29 is 9.90 Å². The first-order valence-electron chi connectivity index (χ1n) is 7.57. The first-order chi connectivity index (χ1) is 9.56. The van der Waals surface area contributed by atoms with Gasteiger partial charge in [0, 0.05) is 18.8 Å². The molecule has 0 radical (unpaired) electrons. The summed E-state index contributed by atoms with van der Waals surface area (Å²) in [6, 6.07) is 1.87. The lowest BCUT2D eigenvalue weighted by Gasteiger charge is -2.23. The molecule has 1 aliphatic heterocycles. The maximum atomic E-state index is 11.6. The van der Waals surface area contributed by atoms with Crippen molar-refractivity contribution in [3.63, 3.8) is 0 Å². The molecule has 1 aromatic heterocycles. The predicted octanol–water partition coefficient (Wildman–Crippen LogP) is 2.75. The summed E-state index contributed by atoms with van der Waals surface area (Å²) in [4.78, 5) is 18.5. The second-order valence-electron chi connectivity index (χ2n) is 6.34. The van der Waals surface area contributed by atoms with Crippen LogP contribution in [-0.2, 0) is 12.8 Å². The third kappa shape index (κ3) is 2.28. The van der Waals surface area contributed by atoms with Crippen LogP contribution < -0.4 is 4.90 Å². The molecule has 108 valence electrons. The van der Waals surface area contributed by atoms with E-state index in [-0.39, 0.29) is 0 Å². The van der Waals surface area contributed by atoms with E-state index in [0.717, 1.165) is 43.6 Å². The van der Waals surface area contributed by atoms with E-state index < -0.39 is 5.97 Å². The summed E-state index contributed by atoms with van der Waals surface area (Å²) in [6.45, 7) is 6.27. The van der Waals surface area contributed by atoms with Crippen LogP contribution in [-0.4, -0.2) is 29.1 Å². The van der Waals surface area contributed by atoms with Gasteiger partial charge in [0.1, 0.15) is 11.4 Å². The van der Waals surface area contributed by atoms with Gasteiger partial charge in [0.15, 0.2) is 0 Å². The molecule has 4 heteroatoms. The zero-order valence-electron chi connectivity index (χ0n) is 12.2. The molecule has 1 saturated heterocycles. The van der Waals surface area contributed by atoms with E-state index in [1.165, 1.54) is 6.42 Å². The van der Waals surface area contributed by atoms with E-state index in [1.54, 1.807) is 0 Å². The Kier molecular flexibility index (Phi) is 3.40. The Morgan fingerprint density at radius 3 is 2.55 bits per heavy atom. The molecule has 2 atom stereocenters. The van der Waals surface area contributed by atoms with Gasteiger partial charge in [-0.1, -0.05) is 13.8 Å². The molecule has 0 bridgehead atoms. The van der Waals surface area contributed by atoms with Crippen LogP contribution in [0.4, 0.5) is 5.82 Å². The molecule has 1 fully saturated rings. The molecule has 20 heavy (non-hydrogen) atoms. The van der Waals surface area contributed by atoms with E-state index in [9.17, 15) is 9.90 Å². The van der Waals surface area contributed by atoms with Crippen LogP contribution in [0.3, 0.4) is 0 Å². The van der Waals surface area contributed by atoms with Crippen LogP contribution in [0.25, 0.3) is 0 Å². The van der Waals surface area contributed by atoms with Crippen molar-refractivity contribution in [2.24, 2.45) is 11.8 Å². The number of aromatic carboxylic acids is 1. The normalized spacial score (nSPS) is 25.6. The minimum atomic E-state index is -0.854. The van der Waals surface area contributed by atoms with Gasteiger partial charge in [-0.05, 0) is 49.1 Å². The van der Waals surface area contributed by atoms with Crippen molar-refractivity contribution in [3.05, 3.63) is 22.9 Å². The molecule has 0 spiro atoms. The number of aromatic nitrogens is 1. The summed E-state index contributed by atoms with van der Waals surface area (Å²) in [5, 5.41) is 9.49. The lowest BCUT2D eigenvalue weighted by Crippen LogP contribution is -2.25. The van der Waals surface area contributed by atoms with Gasteiger partial charge in [-0.15, -0.1) is 0 Å². The fourth-order valence-electron chi connectivity index (χ4n) is 3.32. The maximum Gasteiger partial charge on any atom is 0.339 e. The molecule has 1 aliphatic carbocycles. The van der Waals surface area contributed by atoms with Gasteiger partial charge < -0.3 is 10.0 Å². The molecule has 3 rings (SSSR count). The highest BCUT2D eigenvalue weighted by atomic mass is 16.4. The molecule has 0 amide bonds. The van der Waals surface area contributed by atoms with Crippen molar-refractivity contribution in [2.45, 2.75) is 39.5 Å². The number of carboxylic acid groups (broad SMARTS) is 1. The Morgan fingerprint density at radius 1 is 1.25 bits per heavy atom.